The molecule has 2 N–H and O–H groups in total. The summed E-state index contributed by atoms with van der Waals surface area (Å²) < 4.78 is 48.4. The average molecular weight is 286 g/mol. The number of benzene rings is 1. The predicted octanol–water partition coefficient (Wildman–Crippen LogP) is 0.590. The van der Waals surface area contributed by atoms with Crippen molar-refractivity contribution in [3.05, 3.63) is 23.2 Å². The summed E-state index contributed by atoms with van der Waals surface area (Å²) in [6.07, 6.45) is 0.522. The average Bonchev–Trinajstić information content (AvgIpc) is 2.08. The highest BCUT2D eigenvalue weighted by atomic mass is 35.5. The smallest absolute Gasteiger partial charge is 0.396 e. The Kier molecular flexibility index (Phi) is 3.36. The molecule has 0 aliphatic heterocycles. The summed E-state index contributed by atoms with van der Waals surface area (Å²) in [6.45, 7) is 0. The third kappa shape index (κ3) is 2.77. The van der Waals surface area contributed by atoms with Gasteiger partial charge in [0, 0.05) is 5.02 Å². The molecular weight excluding hydrogens is 278 g/mol. The topological polar surface area (TPSA) is 104 Å². The maximum atomic E-state index is 11.2. The lowest BCUT2D eigenvalue weighted by Gasteiger charge is -2.07. The van der Waals surface area contributed by atoms with Crippen LogP contribution in [0.5, 0.6) is 5.75 Å². The van der Waals surface area contributed by atoms with Gasteiger partial charge in [-0.05, 0) is 18.2 Å². The molecule has 0 aliphatic carbocycles. The van der Waals surface area contributed by atoms with Crippen LogP contribution in [0.25, 0.3) is 0 Å². The van der Waals surface area contributed by atoms with E-state index in [0.29, 0.717) is 6.26 Å². The molecule has 1 aromatic carbocycles. The van der Waals surface area contributed by atoms with Crippen molar-refractivity contribution in [2.24, 2.45) is 0 Å². The zero-order valence-electron chi connectivity index (χ0n) is 8.05. The summed E-state index contributed by atoms with van der Waals surface area (Å²) >= 11 is 5.57. The fourth-order valence-electron chi connectivity index (χ4n) is 0.767. The molecule has 0 amide bonds. The molecule has 0 atom stereocenters. The Hall–Kier alpha value is -0.990. The summed E-state index contributed by atoms with van der Waals surface area (Å²) in [7, 11) is -9.10. The van der Waals surface area contributed by atoms with Crippen LogP contribution in [0, 0.1) is 0 Å². The summed E-state index contributed by atoms with van der Waals surface area (Å²) in [4.78, 5) is 0. The van der Waals surface area contributed by atoms with Crippen molar-refractivity contribution in [1.29, 1.82) is 0 Å². The minimum Gasteiger partial charge on any atom is -0.396 e. The Labute approximate surface area is 97.4 Å². The van der Waals surface area contributed by atoms with Crippen LogP contribution in [0.3, 0.4) is 0 Å². The highest BCUT2D eigenvalue weighted by Crippen LogP contribution is 2.26. The van der Waals surface area contributed by atoms with E-state index in [2.05, 4.69) is 4.18 Å². The molecule has 16 heavy (non-hydrogen) atoms. The molecule has 0 radical (unpaired) electrons. The monoisotopic (exact) mass is 285 g/mol. The van der Waals surface area contributed by atoms with Crippen LogP contribution >= 0.6 is 11.6 Å². The number of rotatable bonds is 3. The van der Waals surface area contributed by atoms with Gasteiger partial charge in [0.25, 0.3) is 8.87 Å². The van der Waals surface area contributed by atoms with Crippen LogP contribution in [0.4, 0.5) is 5.69 Å². The van der Waals surface area contributed by atoms with Crippen molar-refractivity contribution in [1.82, 2.24) is 0 Å². The molecule has 0 unspecified atom stereocenters. The fraction of sp³-hybridized carbons (Fsp3) is 0.143. The molecule has 0 bridgehead atoms. The summed E-state index contributed by atoms with van der Waals surface area (Å²) in [5.41, 5.74) is 5.33. The molecule has 0 spiro atoms. The van der Waals surface area contributed by atoms with Gasteiger partial charge in [-0.1, -0.05) is 11.6 Å². The minimum absolute atomic E-state index is 0.0697. The predicted molar refractivity (Wildman–Crippen MR) is 60.3 cm³/mol. The van der Waals surface area contributed by atoms with Crippen LogP contribution in [0.1, 0.15) is 0 Å². The third-order valence-electron chi connectivity index (χ3n) is 1.53. The van der Waals surface area contributed by atoms with E-state index in [0.717, 1.165) is 0 Å². The Bertz CT molecular complexity index is 608. The molecule has 0 heterocycles. The number of hydrogen-bond donors (Lipinski definition) is 1. The third-order valence-corrected chi connectivity index (χ3v) is 5.32. The lowest BCUT2D eigenvalue weighted by molar-refractivity contribution is 0.497. The van der Waals surface area contributed by atoms with E-state index in [-0.39, 0.29) is 16.5 Å². The van der Waals surface area contributed by atoms with Gasteiger partial charge in [0.2, 0.25) is 0 Å². The first-order valence-electron chi connectivity index (χ1n) is 3.83. The van der Waals surface area contributed by atoms with Crippen LogP contribution in [0.15, 0.2) is 18.2 Å². The van der Waals surface area contributed by atoms with Gasteiger partial charge in [0.1, 0.15) is 0 Å². The molecule has 0 aromatic heterocycles. The van der Waals surface area contributed by atoms with Crippen LogP contribution in [0.2, 0.25) is 5.02 Å². The van der Waals surface area contributed by atoms with Gasteiger partial charge in [-0.2, -0.15) is 8.42 Å². The zero-order valence-corrected chi connectivity index (χ0v) is 10.4. The van der Waals surface area contributed by atoms with Gasteiger partial charge in [0.05, 0.1) is 11.9 Å². The molecule has 1 rings (SSSR count). The normalized spacial score (nSPS) is 12.4. The van der Waals surface area contributed by atoms with E-state index in [1.807, 2.05) is 0 Å². The number of nitrogen functional groups attached to an aromatic ring is 1. The highest BCUT2D eigenvalue weighted by Gasteiger charge is 2.27. The maximum absolute atomic E-state index is 11.2. The summed E-state index contributed by atoms with van der Waals surface area (Å²) in [5, 5.41) is 0.279. The van der Waals surface area contributed by atoms with E-state index in [4.69, 9.17) is 17.3 Å². The van der Waals surface area contributed by atoms with Crippen LogP contribution in [-0.4, -0.2) is 23.1 Å². The first-order chi connectivity index (χ1) is 7.13. The second-order valence-electron chi connectivity index (χ2n) is 2.88. The van der Waals surface area contributed by atoms with Gasteiger partial charge >= 0.3 is 9.15 Å². The number of halogens is 1. The first-order valence-corrected chi connectivity index (χ1v) is 8.02. The molecule has 9 heteroatoms. The molecular formula is C7H8ClNO5S2. The molecule has 6 nitrogen and oxygen atoms in total. The largest absolute Gasteiger partial charge is 0.419 e. The second-order valence-corrected chi connectivity index (χ2v) is 8.75. The van der Waals surface area contributed by atoms with Crippen molar-refractivity contribution >= 4 is 35.3 Å². The highest BCUT2D eigenvalue weighted by molar-refractivity contribution is 8.65. The Balaban J connectivity index is 3.17. The lowest BCUT2D eigenvalue weighted by atomic mass is 10.3. The Morgan fingerprint density at radius 3 is 2.25 bits per heavy atom. The first kappa shape index (κ1) is 13.1. The van der Waals surface area contributed by atoms with Gasteiger partial charge in [-0.25, -0.2) is 8.42 Å². The molecule has 0 aliphatic rings. The zero-order chi connectivity index (χ0) is 12.6. The van der Waals surface area contributed by atoms with E-state index >= 15 is 0 Å². The van der Waals surface area contributed by atoms with Crippen molar-refractivity contribution in [3.8, 4) is 5.75 Å². The van der Waals surface area contributed by atoms with Crippen molar-refractivity contribution in [2.75, 3.05) is 12.0 Å². The standard InChI is InChI=1S/C7H8ClNO5S2/c1-15(10,11)16(12,13)14-7-3-2-5(8)4-6(7)9/h2-4H,9H2,1H3. The summed E-state index contributed by atoms with van der Waals surface area (Å²) in [6, 6.07) is 3.74. The number of nitrogens with two attached hydrogens (primary N) is 1. The van der Waals surface area contributed by atoms with E-state index in [1.165, 1.54) is 18.2 Å². The molecule has 0 saturated heterocycles. The second kappa shape index (κ2) is 4.11. The fourth-order valence-corrected chi connectivity index (χ4v) is 2.03. The molecule has 0 fully saturated rings. The number of anilines is 1. The SMILES string of the molecule is CS(=O)(=O)S(=O)(=O)Oc1ccc(Cl)cc1N. The Morgan fingerprint density at radius 2 is 1.81 bits per heavy atom. The number of hydrogen-bond acceptors (Lipinski definition) is 6. The van der Waals surface area contributed by atoms with Crippen molar-refractivity contribution in [2.45, 2.75) is 0 Å². The van der Waals surface area contributed by atoms with E-state index in [9.17, 15) is 16.8 Å². The van der Waals surface area contributed by atoms with Crippen molar-refractivity contribution in [3.63, 3.8) is 0 Å². The molecule has 90 valence electrons. The summed E-state index contributed by atoms with van der Waals surface area (Å²) in [5.74, 6) is -0.283. The van der Waals surface area contributed by atoms with Gasteiger partial charge in [0.15, 0.2) is 5.75 Å². The van der Waals surface area contributed by atoms with E-state index in [1.54, 1.807) is 0 Å². The maximum Gasteiger partial charge on any atom is 0.419 e. The van der Waals surface area contributed by atoms with Crippen LogP contribution < -0.4 is 9.92 Å². The van der Waals surface area contributed by atoms with Gasteiger partial charge in [-0.3, -0.25) is 0 Å². The van der Waals surface area contributed by atoms with Gasteiger partial charge in [-0.15, -0.1) is 0 Å². The van der Waals surface area contributed by atoms with Crippen LogP contribution in [-0.2, 0) is 18.0 Å². The quantitative estimate of drug-likeness (QED) is 0.644. The Morgan fingerprint density at radius 1 is 1.25 bits per heavy atom. The van der Waals surface area contributed by atoms with E-state index < -0.39 is 18.0 Å². The molecule has 0 saturated carbocycles. The molecule has 1 aromatic rings. The minimum atomic E-state index is -4.74. The lowest BCUT2D eigenvalue weighted by Crippen LogP contribution is -2.20. The van der Waals surface area contributed by atoms with Crippen molar-refractivity contribution < 1.29 is 21.0 Å². The van der Waals surface area contributed by atoms with Gasteiger partial charge < -0.3 is 9.92 Å².